The lowest BCUT2D eigenvalue weighted by Gasteiger charge is -2.20. The molecule has 0 atom stereocenters. The first kappa shape index (κ1) is 35.8. The highest BCUT2D eigenvalue weighted by atomic mass is 16.7. The van der Waals surface area contributed by atoms with Crippen molar-refractivity contribution in [2.75, 3.05) is 0 Å². The summed E-state index contributed by atoms with van der Waals surface area (Å²) in [6, 6.07) is 23.1. The van der Waals surface area contributed by atoms with E-state index in [9.17, 15) is 9.59 Å². The molecule has 0 aliphatic heterocycles. The van der Waals surface area contributed by atoms with Crippen LogP contribution in [0.3, 0.4) is 0 Å². The molecule has 2 aliphatic rings. The molecule has 4 aromatic carbocycles. The molecule has 0 aromatic heterocycles. The van der Waals surface area contributed by atoms with E-state index < -0.39 is 6.29 Å². The lowest BCUT2D eigenvalue weighted by atomic mass is 9.99. The zero-order valence-electron chi connectivity index (χ0n) is 29.8. The number of ether oxygens (including phenoxy) is 4. The van der Waals surface area contributed by atoms with Crippen molar-refractivity contribution < 1.29 is 28.5 Å². The molecule has 6 rings (SSSR count). The van der Waals surface area contributed by atoms with E-state index >= 15 is 0 Å². The van der Waals surface area contributed by atoms with Crippen LogP contribution in [0, 0.1) is 0 Å². The number of hydrogen-bond donors (Lipinski definition) is 0. The molecule has 0 spiro atoms. The minimum absolute atomic E-state index is 0.00670. The summed E-state index contributed by atoms with van der Waals surface area (Å²) < 4.78 is 24.2. The molecule has 2 fully saturated rings. The largest absolute Gasteiger partial charge is 0.459 e. The van der Waals surface area contributed by atoms with Crippen LogP contribution in [0.15, 0.2) is 72.8 Å². The first-order valence-corrected chi connectivity index (χ1v) is 19.3. The molecule has 6 nitrogen and oxygen atoms in total. The van der Waals surface area contributed by atoms with Crippen LogP contribution >= 0.6 is 0 Å². The summed E-state index contributed by atoms with van der Waals surface area (Å²) in [5.41, 5.74) is 1.17. The Kier molecular flexibility index (Phi) is 13.1. The molecule has 50 heavy (non-hydrogen) atoms. The average molecular weight is 679 g/mol. The van der Waals surface area contributed by atoms with Crippen LogP contribution in [0.4, 0.5) is 0 Å². The van der Waals surface area contributed by atoms with E-state index in [1.54, 1.807) is 0 Å². The van der Waals surface area contributed by atoms with Gasteiger partial charge in [0.05, 0.1) is 11.1 Å². The third kappa shape index (κ3) is 10.5. The van der Waals surface area contributed by atoms with E-state index in [2.05, 4.69) is 0 Å². The number of esters is 2. The van der Waals surface area contributed by atoms with Crippen LogP contribution in [-0.4, -0.2) is 30.4 Å². The summed E-state index contributed by atoms with van der Waals surface area (Å²) in [5.74, 6) is 0.889. The molecule has 0 amide bonds. The van der Waals surface area contributed by atoms with Gasteiger partial charge >= 0.3 is 11.9 Å². The zero-order chi connectivity index (χ0) is 34.5. The smallest absolute Gasteiger partial charge is 0.338 e. The van der Waals surface area contributed by atoms with Gasteiger partial charge in [-0.3, -0.25) is 0 Å². The first-order chi connectivity index (χ1) is 24.5. The molecule has 6 heteroatoms. The van der Waals surface area contributed by atoms with Gasteiger partial charge in [-0.05, 0) is 121 Å². The minimum Gasteiger partial charge on any atom is -0.459 e. The Hall–Kier alpha value is -4.06. The number of rotatable bonds is 8. The van der Waals surface area contributed by atoms with Gasteiger partial charge in [0.25, 0.3) is 0 Å². The predicted molar refractivity (Wildman–Crippen MR) is 200 cm³/mol. The Labute approximate surface area is 297 Å². The highest BCUT2D eigenvalue weighted by Gasteiger charge is 2.19. The second-order valence-corrected chi connectivity index (χ2v) is 14.4. The molecular formula is C44H54O6. The summed E-state index contributed by atoms with van der Waals surface area (Å²) in [5, 5.41) is 3.87. The standard InChI is InChI=1S/C44H54O6/c1-32(47-41-26-24-33-28-37(22-20-35(33)30-41)43(45)49-39-16-12-8-4-2-5-9-13-17-39)48-42-27-25-34-29-38(23-21-36(34)31-42)44(46)50-40-18-14-10-6-3-7-11-15-19-40/h20-32,39-40H,2-19H2,1H3. The van der Waals surface area contributed by atoms with Crippen LogP contribution in [0.2, 0.25) is 0 Å². The van der Waals surface area contributed by atoms with Gasteiger partial charge in [0.1, 0.15) is 23.7 Å². The average Bonchev–Trinajstić information content (AvgIpc) is 3.13. The highest BCUT2D eigenvalue weighted by molar-refractivity contribution is 5.96. The van der Waals surface area contributed by atoms with Gasteiger partial charge in [-0.25, -0.2) is 9.59 Å². The van der Waals surface area contributed by atoms with E-state index in [-0.39, 0.29) is 24.1 Å². The lowest BCUT2D eigenvalue weighted by molar-refractivity contribution is 0.0223. The number of benzene rings is 4. The maximum atomic E-state index is 13.1. The fourth-order valence-electron chi connectivity index (χ4n) is 7.47. The van der Waals surface area contributed by atoms with Gasteiger partial charge in [-0.1, -0.05) is 88.5 Å². The summed E-state index contributed by atoms with van der Waals surface area (Å²) in [4.78, 5) is 26.1. The quantitative estimate of drug-likeness (QED) is 0.136. The van der Waals surface area contributed by atoms with Crippen molar-refractivity contribution in [3.63, 3.8) is 0 Å². The monoisotopic (exact) mass is 678 g/mol. The third-order valence-corrected chi connectivity index (χ3v) is 10.4. The minimum atomic E-state index is -0.539. The fraction of sp³-hybridized carbons (Fsp3) is 0.500. The Balaban J connectivity index is 1.02. The van der Waals surface area contributed by atoms with E-state index in [1.165, 1.54) is 64.2 Å². The van der Waals surface area contributed by atoms with E-state index in [0.29, 0.717) is 22.6 Å². The SMILES string of the molecule is CC(Oc1ccc2cc(C(=O)OC3CCCCCCCCC3)ccc2c1)Oc1ccc2cc(C(=O)OC3CCCCCCCCC3)ccc2c1. The first-order valence-electron chi connectivity index (χ1n) is 19.3. The van der Waals surface area contributed by atoms with Crippen LogP contribution in [-0.2, 0) is 9.47 Å². The van der Waals surface area contributed by atoms with Crippen molar-refractivity contribution in [3.05, 3.63) is 83.9 Å². The van der Waals surface area contributed by atoms with Crippen LogP contribution < -0.4 is 9.47 Å². The number of hydrogen-bond acceptors (Lipinski definition) is 6. The van der Waals surface area contributed by atoms with Gasteiger partial charge in [-0.2, -0.15) is 0 Å². The van der Waals surface area contributed by atoms with Crippen molar-refractivity contribution in [3.8, 4) is 11.5 Å². The Morgan fingerprint density at radius 3 is 1.16 bits per heavy atom. The molecule has 2 aliphatic carbocycles. The van der Waals surface area contributed by atoms with Gasteiger partial charge in [0.2, 0.25) is 6.29 Å². The van der Waals surface area contributed by atoms with E-state index in [0.717, 1.165) is 72.9 Å². The molecule has 266 valence electrons. The van der Waals surface area contributed by atoms with Crippen molar-refractivity contribution in [2.45, 2.75) is 141 Å². The maximum Gasteiger partial charge on any atom is 0.338 e. The normalized spacial score (nSPS) is 17.6. The van der Waals surface area contributed by atoms with Gasteiger partial charge in [0, 0.05) is 6.92 Å². The van der Waals surface area contributed by atoms with Crippen molar-refractivity contribution in [2.24, 2.45) is 0 Å². The summed E-state index contributed by atoms with van der Waals surface area (Å²) in [6.07, 6.45) is 20.5. The lowest BCUT2D eigenvalue weighted by Crippen LogP contribution is -2.19. The molecular weight excluding hydrogens is 624 g/mol. The van der Waals surface area contributed by atoms with Crippen LogP contribution in [0.5, 0.6) is 11.5 Å². The maximum absolute atomic E-state index is 13.1. The topological polar surface area (TPSA) is 71.1 Å². The van der Waals surface area contributed by atoms with Crippen molar-refractivity contribution in [1.82, 2.24) is 0 Å². The van der Waals surface area contributed by atoms with Crippen LogP contribution in [0.1, 0.15) is 143 Å². The van der Waals surface area contributed by atoms with Crippen molar-refractivity contribution in [1.29, 1.82) is 0 Å². The molecule has 0 bridgehead atoms. The predicted octanol–water partition coefficient (Wildman–Crippen LogP) is 11.9. The number of fused-ring (bicyclic) bond motifs is 2. The number of carbonyl (C=O) groups excluding carboxylic acids is 2. The van der Waals surface area contributed by atoms with Gasteiger partial charge in [0.15, 0.2) is 0 Å². The number of carbonyl (C=O) groups is 2. The summed E-state index contributed by atoms with van der Waals surface area (Å²) in [6.45, 7) is 1.87. The second-order valence-electron chi connectivity index (χ2n) is 14.4. The molecule has 0 radical (unpaired) electrons. The Bertz CT molecular complexity index is 1570. The molecule has 0 N–H and O–H groups in total. The molecule has 0 heterocycles. The van der Waals surface area contributed by atoms with Gasteiger partial charge in [-0.15, -0.1) is 0 Å². The van der Waals surface area contributed by atoms with E-state index in [1.807, 2.05) is 79.7 Å². The molecule has 4 aromatic rings. The highest BCUT2D eigenvalue weighted by Crippen LogP contribution is 2.28. The van der Waals surface area contributed by atoms with Crippen LogP contribution in [0.25, 0.3) is 21.5 Å². The summed E-state index contributed by atoms with van der Waals surface area (Å²) >= 11 is 0. The third-order valence-electron chi connectivity index (χ3n) is 10.4. The Morgan fingerprint density at radius 2 is 0.780 bits per heavy atom. The zero-order valence-corrected chi connectivity index (χ0v) is 29.8. The molecule has 0 saturated heterocycles. The fourth-order valence-corrected chi connectivity index (χ4v) is 7.47. The molecule has 0 unspecified atom stereocenters. The second kappa shape index (κ2) is 18.3. The van der Waals surface area contributed by atoms with E-state index in [4.69, 9.17) is 18.9 Å². The molecule has 2 saturated carbocycles. The van der Waals surface area contributed by atoms with Crippen molar-refractivity contribution >= 4 is 33.5 Å². The van der Waals surface area contributed by atoms with Gasteiger partial charge < -0.3 is 18.9 Å². The Morgan fingerprint density at radius 1 is 0.460 bits per heavy atom. The summed E-state index contributed by atoms with van der Waals surface area (Å²) in [7, 11) is 0.